The van der Waals surface area contributed by atoms with E-state index in [2.05, 4.69) is 51.8 Å². The van der Waals surface area contributed by atoms with Crippen molar-refractivity contribution in [2.24, 2.45) is 0 Å². The van der Waals surface area contributed by atoms with Gasteiger partial charge in [-0.3, -0.25) is 4.90 Å². The van der Waals surface area contributed by atoms with Gasteiger partial charge >= 0.3 is 0 Å². The molecule has 0 aliphatic carbocycles. The molecule has 0 aliphatic rings. The summed E-state index contributed by atoms with van der Waals surface area (Å²) in [5.41, 5.74) is 0. The van der Waals surface area contributed by atoms with Gasteiger partial charge in [-0.1, -0.05) is 20.8 Å². The molecule has 1 N–H and O–H groups in total. The average molecular weight is 200 g/mol. The Morgan fingerprint density at radius 3 is 2.00 bits per heavy atom. The summed E-state index contributed by atoms with van der Waals surface area (Å²) in [7, 11) is 0. The van der Waals surface area contributed by atoms with Crippen molar-refractivity contribution in [2.75, 3.05) is 13.1 Å². The lowest BCUT2D eigenvalue weighted by Crippen LogP contribution is -2.45. The van der Waals surface area contributed by atoms with Crippen LogP contribution in [0.1, 0.15) is 48.0 Å². The summed E-state index contributed by atoms with van der Waals surface area (Å²) in [6.07, 6.45) is 1.24. The molecule has 0 saturated heterocycles. The molecule has 0 aromatic heterocycles. The number of hydrogen-bond acceptors (Lipinski definition) is 2. The smallest absolute Gasteiger partial charge is 0.0195 e. The molecule has 1 unspecified atom stereocenters. The Morgan fingerprint density at radius 2 is 1.64 bits per heavy atom. The average Bonchev–Trinajstić information content (AvgIpc) is 2.09. The number of nitrogens with zero attached hydrogens (tertiary/aromatic N) is 1. The van der Waals surface area contributed by atoms with Gasteiger partial charge in [0.1, 0.15) is 0 Å². The Morgan fingerprint density at radius 1 is 1.07 bits per heavy atom. The highest BCUT2D eigenvalue weighted by Gasteiger charge is 2.15. The van der Waals surface area contributed by atoms with Gasteiger partial charge in [-0.05, 0) is 33.7 Å². The predicted octanol–water partition coefficient (Wildman–Crippen LogP) is 2.49. The summed E-state index contributed by atoms with van der Waals surface area (Å²) in [5.74, 6) is 0. The first-order chi connectivity index (χ1) is 6.49. The van der Waals surface area contributed by atoms with Crippen molar-refractivity contribution >= 4 is 0 Å². The first-order valence-electron chi connectivity index (χ1n) is 5.98. The zero-order valence-corrected chi connectivity index (χ0v) is 10.8. The third-order valence-electron chi connectivity index (χ3n) is 2.53. The number of rotatable bonds is 7. The monoisotopic (exact) mass is 200 g/mol. The van der Waals surface area contributed by atoms with Crippen LogP contribution in [0.4, 0.5) is 0 Å². The second-order valence-corrected chi connectivity index (χ2v) is 4.74. The van der Waals surface area contributed by atoms with Crippen LogP contribution in [0.5, 0.6) is 0 Å². The SMILES string of the molecule is CCCN(C(C)C)C(C)CNC(C)C. The first-order valence-corrected chi connectivity index (χ1v) is 5.98. The second-order valence-electron chi connectivity index (χ2n) is 4.74. The lowest BCUT2D eigenvalue weighted by atomic mass is 10.2. The van der Waals surface area contributed by atoms with Crippen LogP contribution in [0.15, 0.2) is 0 Å². The largest absolute Gasteiger partial charge is 0.313 e. The summed E-state index contributed by atoms with van der Waals surface area (Å²) < 4.78 is 0. The van der Waals surface area contributed by atoms with Crippen molar-refractivity contribution in [1.29, 1.82) is 0 Å². The fourth-order valence-corrected chi connectivity index (χ4v) is 1.77. The summed E-state index contributed by atoms with van der Waals surface area (Å²) in [4.78, 5) is 2.56. The fraction of sp³-hybridized carbons (Fsp3) is 1.00. The number of nitrogens with one attached hydrogen (secondary N) is 1. The third kappa shape index (κ3) is 5.61. The van der Waals surface area contributed by atoms with E-state index in [1.54, 1.807) is 0 Å². The van der Waals surface area contributed by atoms with Gasteiger partial charge in [0.05, 0.1) is 0 Å². The highest BCUT2D eigenvalue weighted by Crippen LogP contribution is 2.05. The second kappa shape index (κ2) is 7.24. The minimum absolute atomic E-state index is 0.591. The van der Waals surface area contributed by atoms with Crippen LogP contribution in [-0.2, 0) is 0 Å². The lowest BCUT2D eigenvalue weighted by molar-refractivity contribution is 0.159. The lowest BCUT2D eigenvalue weighted by Gasteiger charge is -2.33. The zero-order valence-electron chi connectivity index (χ0n) is 10.8. The fourth-order valence-electron chi connectivity index (χ4n) is 1.77. The Labute approximate surface area is 90.1 Å². The molecule has 0 fully saturated rings. The van der Waals surface area contributed by atoms with Gasteiger partial charge < -0.3 is 5.32 Å². The van der Waals surface area contributed by atoms with Gasteiger partial charge in [0.25, 0.3) is 0 Å². The van der Waals surface area contributed by atoms with Crippen LogP contribution in [0.2, 0.25) is 0 Å². The first kappa shape index (κ1) is 13.9. The van der Waals surface area contributed by atoms with Crippen molar-refractivity contribution in [3.8, 4) is 0 Å². The maximum absolute atomic E-state index is 3.50. The molecule has 0 saturated carbocycles. The quantitative estimate of drug-likeness (QED) is 0.679. The van der Waals surface area contributed by atoms with E-state index in [9.17, 15) is 0 Å². The molecule has 0 radical (unpaired) electrons. The minimum Gasteiger partial charge on any atom is -0.313 e. The van der Waals surface area contributed by atoms with E-state index in [-0.39, 0.29) is 0 Å². The molecule has 0 bridgehead atoms. The van der Waals surface area contributed by atoms with Crippen molar-refractivity contribution in [2.45, 2.75) is 66.1 Å². The third-order valence-corrected chi connectivity index (χ3v) is 2.53. The summed E-state index contributed by atoms with van der Waals surface area (Å²) >= 11 is 0. The van der Waals surface area contributed by atoms with Crippen molar-refractivity contribution in [3.05, 3.63) is 0 Å². The van der Waals surface area contributed by atoms with Gasteiger partial charge in [0.2, 0.25) is 0 Å². The van der Waals surface area contributed by atoms with E-state index in [4.69, 9.17) is 0 Å². The van der Waals surface area contributed by atoms with Gasteiger partial charge in [-0.2, -0.15) is 0 Å². The molecule has 86 valence electrons. The zero-order chi connectivity index (χ0) is 11.1. The maximum atomic E-state index is 3.50. The number of hydrogen-bond donors (Lipinski definition) is 1. The molecule has 0 rings (SSSR count). The summed E-state index contributed by atoms with van der Waals surface area (Å²) in [5, 5.41) is 3.50. The Bertz CT molecular complexity index is 132. The molecule has 14 heavy (non-hydrogen) atoms. The van der Waals surface area contributed by atoms with Crippen LogP contribution >= 0.6 is 0 Å². The van der Waals surface area contributed by atoms with Gasteiger partial charge in [0, 0.05) is 24.7 Å². The van der Waals surface area contributed by atoms with E-state index < -0.39 is 0 Å². The molecule has 2 nitrogen and oxygen atoms in total. The standard InChI is InChI=1S/C12H28N2/c1-7-8-14(11(4)5)12(6)9-13-10(2)3/h10-13H,7-9H2,1-6H3. The van der Waals surface area contributed by atoms with E-state index >= 15 is 0 Å². The topological polar surface area (TPSA) is 15.3 Å². The Kier molecular flexibility index (Phi) is 7.20. The van der Waals surface area contributed by atoms with Gasteiger partial charge in [-0.25, -0.2) is 0 Å². The molecule has 2 heteroatoms. The maximum Gasteiger partial charge on any atom is 0.0195 e. The van der Waals surface area contributed by atoms with Crippen molar-refractivity contribution in [3.63, 3.8) is 0 Å². The molecule has 1 atom stereocenters. The van der Waals surface area contributed by atoms with Crippen LogP contribution in [0.25, 0.3) is 0 Å². The Balaban J connectivity index is 3.94. The van der Waals surface area contributed by atoms with E-state index in [1.165, 1.54) is 13.0 Å². The van der Waals surface area contributed by atoms with Crippen LogP contribution < -0.4 is 5.32 Å². The molecule has 0 aliphatic heterocycles. The van der Waals surface area contributed by atoms with E-state index in [1.807, 2.05) is 0 Å². The molecule has 0 aromatic rings. The summed E-state index contributed by atoms with van der Waals surface area (Å²) in [6.45, 7) is 15.8. The highest BCUT2D eigenvalue weighted by atomic mass is 15.2. The van der Waals surface area contributed by atoms with Crippen LogP contribution in [0, 0.1) is 0 Å². The molecule has 0 heterocycles. The summed E-state index contributed by atoms with van der Waals surface area (Å²) in [6, 6.07) is 1.88. The molecular formula is C12H28N2. The van der Waals surface area contributed by atoms with E-state index in [0.29, 0.717) is 18.1 Å². The molecular weight excluding hydrogens is 172 g/mol. The molecule has 0 aromatic carbocycles. The van der Waals surface area contributed by atoms with Crippen LogP contribution in [-0.4, -0.2) is 36.1 Å². The Hall–Kier alpha value is -0.0800. The van der Waals surface area contributed by atoms with Gasteiger partial charge in [-0.15, -0.1) is 0 Å². The van der Waals surface area contributed by atoms with E-state index in [0.717, 1.165) is 6.54 Å². The van der Waals surface area contributed by atoms with Crippen LogP contribution in [0.3, 0.4) is 0 Å². The highest BCUT2D eigenvalue weighted by molar-refractivity contribution is 4.73. The predicted molar refractivity (Wildman–Crippen MR) is 64.7 cm³/mol. The van der Waals surface area contributed by atoms with Crippen molar-refractivity contribution in [1.82, 2.24) is 10.2 Å². The van der Waals surface area contributed by atoms with Crippen molar-refractivity contribution < 1.29 is 0 Å². The molecule has 0 amide bonds. The minimum atomic E-state index is 0.591. The normalized spacial score (nSPS) is 14.4. The molecule has 0 spiro atoms. The van der Waals surface area contributed by atoms with Gasteiger partial charge in [0.15, 0.2) is 0 Å².